The highest BCUT2D eigenvalue weighted by atomic mass is 16.5. The Morgan fingerprint density at radius 2 is 2.16 bits per heavy atom. The zero-order chi connectivity index (χ0) is 13.8. The molecule has 2 heterocycles. The van der Waals surface area contributed by atoms with E-state index in [0.29, 0.717) is 43.9 Å². The molecule has 1 amide bonds. The Labute approximate surface area is 111 Å². The van der Waals surface area contributed by atoms with Gasteiger partial charge in [0.2, 0.25) is 0 Å². The summed E-state index contributed by atoms with van der Waals surface area (Å²) in [6.45, 7) is 3.34. The SMILES string of the molecule is CCOC(=O)C1CCN(C(=O)c2cc(N)c[nH]2)CC1. The first-order chi connectivity index (χ1) is 9.11. The molecule has 0 aromatic carbocycles. The van der Waals surface area contributed by atoms with Gasteiger partial charge in [0.1, 0.15) is 5.69 Å². The second kappa shape index (κ2) is 5.77. The molecule has 0 spiro atoms. The number of likely N-dealkylation sites (tertiary alicyclic amines) is 1. The topological polar surface area (TPSA) is 88.4 Å². The molecule has 1 fully saturated rings. The summed E-state index contributed by atoms with van der Waals surface area (Å²) in [5.41, 5.74) is 6.62. The second-order valence-corrected chi connectivity index (χ2v) is 4.67. The fourth-order valence-corrected chi connectivity index (χ4v) is 2.28. The molecule has 0 saturated carbocycles. The minimum absolute atomic E-state index is 0.0704. The molecule has 104 valence electrons. The van der Waals surface area contributed by atoms with E-state index in [2.05, 4.69) is 4.98 Å². The van der Waals surface area contributed by atoms with Gasteiger partial charge in [-0.05, 0) is 25.8 Å². The first kappa shape index (κ1) is 13.5. The highest BCUT2D eigenvalue weighted by molar-refractivity contribution is 5.93. The van der Waals surface area contributed by atoms with Crippen molar-refractivity contribution in [2.75, 3.05) is 25.4 Å². The molecule has 1 saturated heterocycles. The summed E-state index contributed by atoms with van der Waals surface area (Å²) in [5.74, 6) is -0.310. The maximum atomic E-state index is 12.1. The predicted octanol–water partition coefficient (Wildman–Crippen LogP) is 1.01. The molecule has 0 unspecified atom stereocenters. The number of nitrogens with two attached hydrogens (primary N) is 1. The number of piperidine rings is 1. The Kier molecular flexibility index (Phi) is 4.09. The molecule has 1 aliphatic rings. The molecule has 19 heavy (non-hydrogen) atoms. The third-order valence-corrected chi connectivity index (χ3v) is 3.34. The van der Waals surface area contributed by atoms with Gasteiger partial charge in [0.25, 0.3) is 5.91 Å². The van der Waals surface area contributed by atoms with Crippen LogP contribution in [0.3, 0.4) is 0 Å². The lowest BCUT2D eigenvalue weighted by molar-refractivity contribution is -0.149. The molecular weight excluding hydrogens is 246 g/mol. The van der Waals surface area contributed by atoms with E-state index in [1.165, 1.54) is 0 Å². The van der Waals surface area contributed by atoms with E-state index in [4.69, 9.17) is 10.5 Å². The standard InChI is InChI=1S/C13H19N3O3/c1-2-19-13(18)9-3-5-16(6-4-9)12(17)11-7-10(14)8-15-11/h7-9,15H,2-6,14H2,1H3. The number of hydrogen-bond donors (Lipinski definition) is 2. The number of rotatable bonds is 3. The summed E-state index contributed by atoms with van der Waals surface area (Å²) in [6, 6.07) is 1.62. The summed E-state index contributed by atoms with van der Waals surface area (Å²) >= 11 is 0. The van der Waals surface area contributed by atoms with Crippen LogP contribution in [0.2, 0.25) is 0 Å². The van der Waals surface area contributed by atoms with Crippen molar-refractivity contribution in [2.45, 2.75) is 19.8 Å². The number of anilines is 1. The number of aromatic nitrogens is 1. The van der Waals surface area contributed by atoms with Crippen molar-refractivity contribution in [3.63, 3.8) is 0 Å². The van der Waals surface area contributed by atoms with Gasteiger partial charge in [-0.1, -0.05) is 0 Å². The van der Waals surface area contributed by atoms with E-state index in [-0.39, 0.29) is 17.8 Å². The van der Waals surface area contributed by atoms with E-state index in [1.54, 1.807) is 24.1 Å². The zero-order valence-electron chi connectivity index (χ0n) is 11.0. The van der Waals surface area contributed by atoms with E-state index in [1.807, 2.05) is 0 Å². The number of esters is 1. The molecular formula is C13H19N3O3. The highest BCUT2D eigenvalue weighted by Gasteiger charge is 2.28. The van der Waals surface area contributed by atoms with Crippen molar-refractivity contribution < 1.29 is 14.3 Å². The van der Waals surface area contributed by atoms with Crippen LogP contribution in [0.15, 0.2) is 12.3 Å². The minimum Gasteiger partial charge on any atom is -0.466 e. The Balaban J connectivity index is 1.89. The fourth-order valence-electron chi connectivity index (χ4n) is 2.28. The lowest BCUT2D eigenvalue weighted by atomic mass is 9.97. The van der Waals surface area contributed by atoms with Crippen molar-refractivity contribution in [3.05, 3.63) is 18.0 Å². The zero-order valence-corrected chi connectivity index (χ0v) is 11.0. The molecule has 0 atom stereocenters. The van der Waals surface area contributed by atoms with E-state index in [0.717, 1.165) is 0 Å². The average Bonchev–Trinajstić information content (AvgIpc) is 2.85. The summed E-state index contributed by atoms with van der Waals surface area (Å²) in [5, 5.41) is 0. The van der Waals surface area contributed by atoms with Crippen LogP contribution < -0.4 is 5.73 Å². The number of carbonyl (C=O) groups excluding carboxylic acids is 2. The van der Waals surface area contributed by atoms with Gasteiger partial charge in [0.05, 0.1) is 12.5 Å². The van der Waals surface area contributed by atoms with Crippen LogP contribution >= 0.6 is 0 Å². The van der Waals surface area contributed by atoms with Crippen molar-refractivity contribution in [1.82, 2.24) is 9.88 Å². The summed E-state index contributed by atoms with van der Waals surface area (Å²) in [7, 11) is 0. The van der Waals surface area contributed by atoms with Crippen LogP contribution in [-0.4, -0.2) is 41.5 Å². The van der Waals surface area contributed by atoms with Gasteiger partial charge < -0.3 is 20.4 Å². The van der Waals surface area contributed by atoms with Crippen molar-refractivity contribution in [2.24, 2.45) is 5.92 Å². The number of hydrogen-bond acceptors (Lipinski definition) is 4. The highest BCUT2D eigenvalue weighted by Crippen LogP contribution is 2.20. The maximum Gasteiger partial charge on any atom is 0.309 e. The first-order valence-corrected chi connectivity index (χ1v) is 6.51. The van der Waals surface area contributed by atoms with Crippen LogP contribution in [0.4, 0.5) is 5.69 Å². The van der Waals surface area contributed by atoms with Crippen LogP contribution in [0.25, 0.3) is 0 Å². The number of aromatic amines is 1. The average molecular weight is 265 g/mol. The Hall–Kier alpha value is -1.98. The molecule has 0 bridgehead atoms. The molecule has 6 nitrogen and oxygen atoms in total. The molecule has 0 radical (unpaired) electrons. The summed E-state index contributed by atoms with van der Waals surface area (Å²) in [4.78, 5) is 28.3. The Morgan fingerprint density at radius 1 is 1.47 bits per heavy atom. The lowest BCUT2D eigenvalue weighted by Crippen LogP contribution is -2.40. The number of nitrogen functional groups attached to an aromatic ring is 1. The number of carbonyl (C=O) groups is 2. The normalized spacial score (nSPS) is 16.4. The molecule has 1 aromatic rings. The molecule has 1 aromatic heterocycles. The number of nitrogens with one attached hydrogen (secondary N) is 1. The molecule has 2 rings (SSSR count). The van der Waals surface area contributed by atoms with Crippen LogP contribution in [0, 0.1) is 5.92 Å². The van der Waals surface area contributed by atoms with Gasteiger partial charge in [-0.25, -0.2) is 0 Å². The van der Waals surface area contributed by atoms with Gasteiger partial charge in [-0.2, -0.15) is 0 Å². The summed E-state index contributed by atoms with van der Waals surface area (Å²) < 4.78 is 5.00. The maximum absolute atomic E-state index is 12.1. The molecule has 6 heteroatoms. The molecule has 3 N–H and O–H groups in total. The van der Waals surface area contributed by atoms with Crippen LogP contribution in [0.5, 0.6) is 0 Å². The van der Waals surface area contributed by atoms with Gasteiger partial charge in [0.15, 0.2) is 0 Å². The quantitative estimate of drug-likeness (QED) is 0.798. The van der Waals surface area contributed by atoms with Crippen molar-refractivity contribution in [1.29, 1.82) is 0 Å². The minimum atomic E-state index is -0.154. The smallest absolute Gasteiger partial charge is 0.309 e. The van der Waals surface area contributed by atoms with Gasteiger partial charge >= 0.3 is 5.97 Å². The Morgan fingerprint density at radius 3 is 2.68 bits per heavy atom. The van der Waals surface area contributed by atoms with Gasteiger partial charge in [-0.15, -0.1) is 0 Å². The van der Waals surface area contributed by atoms with Gasteiger partial charge in [-0.3, -0.25) is 9.59 Å². The monoisotopic (exact) mass is 265 g/mol. The first-order valence-electron chi connectivity index (χ1n) is 6.51. The third-order valence-electron chi connectivity index (χ3n) is 3.34. The number of nitrogens with zero attached hydrogens (tertiary/aromatic N) is 1. The van der Waals surface area contributed by atoms with Crippen molar-refractivity contribution >= 4 is 17.6 Å². The van der Waals surface area contributed by atoms with E-state index < -0.39 is 0 Å². The molecule has 0 aliphatic carbocycles. The van der Waals surface area contributed by atoms with E-state index >= 15 is 0 Å². The Bertz CT molecular complexity index is 461. The fraction of sp³-hybridized carbons (Fsp3) is 0.538. The number of amides is 1. The lowest BCUT2D eigenvalue weighted by Gasteiger charge is -2.30. The number of H-pyrrole nitrogens is 1. The van der Waals surface area contributed by atoms with Crippen LogP contribution in [-0.2, 0) is 9.53 Å². The number of ether oxygens (including phenoxy) is 1. The summed E-state index contributed by atoms with van der Waals surface area (Å²) in [6.07, 6.45) is 2.90. The van der Waals surface area contributed by atoms with Crippen LogP contribution in [0.1, 0.15) is 30.3 Å². The predicted molar refractivity (Wildman–Crippen MR) is 70.5 cm³/mol. The largest absolute Gasteiger partial charge is 0.466 e. The molecule has 1 aliphatic heterocycles. The third kappa shape index (κ3) is 3.07. The second-order valence-electron chi connectivity index (χ2n) is 4.67. The van der Waals surface area contributed by atoms with Crippen molar-refractivity contribution in [3.8, 4) is 0 Å². The van der Waals surface area contributed by atoms with E-state index in [9.17, 15) is 9.59 Å². The van der Waals surface area contributed by atoms with Gasteiger partial charge in [0, 0.05) is 25.0 Å².